The predicted octanol–water partition coefficient (Wildman–Crippen LogP) is 2.62. The van der Waals surface area contributed by atoms with E-state index in [1.807, 2.05) is 6.07 Å². The van der Waals surface area contributed by atoms with E-state index in [0.29, 0.717) is 11.3 Å². The SMILES string of the molecule is Cc1ccc(NC(=O)NCc2ccccn2)cc1[N+](=O)[O-]. The van der Waals surface area contributed by atoms with Crippen LogP contribution in [0.1, 0.15) is 11.3 Å². The first-order valence-corrected chi connectivity index (χ1v) is 6.26. The van der Waals surface area contributed by atoms with Gasteiger partial charge in [-0.1, -0.05) is 12.1 Å². The van der Waals surface area contributed by atoms with Crippen molar-refractivity contribution in [3.8, 4) is 0 Å². The molecule has 2 N–H and O–H groups in total. The summed E-state index contributed by atoms with van der Waals surface area (Å²) in [5.41, 5.74) is 1.60. The third kappa shape index (κ3) is 4.00. The first kappa shape index (κ1) is 14.4. The topological polar surface area (TPSA) is 97.2 Å². The minimum atomic E-state index is -0.480. The van der Waals surface area contributed by atoms with E-state index in [-0.39, 0.29) is 12.2 Å². The van der Waals surface area contributed by atoms with E-state index >= 15 is 0 Å². The van der Waals surface area contributed by atoms with Crippen LogP contribution in [-0.4, -0.2) is 15.9 Å². The van der Waals surface area contributed by atoms with Crippen molar-refractivity contribution in [1.82, 2.24) is 10.3 Å². The molecule has 108 valence electrons. The molecule has 2 rings (SSSR count). The van der Waals surface area contributed by atoms with Gasteiger partial charge in [-0.3, -0.25) is 15.1 Å². The summed E-state index contributed by atoms with van der Waals surface area (Å²) >= 11 is 0. The minimum absolute atomic E-state index is 0.0301. The molecule has 21 heavy (non-hydrogen) atoms. The van der Waals surface area contributed by atoms with Gasteiger partial charge < -0.3 is 10.6 Å². The summed E-state index contributed by atoms with van der Waals surface area (Å²) in [6.07, 6.45) is 1.64. The second kappa shape index (κ2) is 6.47. The lowest BCUT2D eigenvalue weighted by Gasteiger charge is -2.08. The van der Waals surface area contributed by atoms with Crippen LogP contribution in [0.5, 0.6) is 0 Å². The van der Waals surface area contributed by atoms with Crippen LogP contribution in [0.25, 0.3) is 0 Å². The standard InChI is InChI=1S/C14H14N4O3/c1-10-5-6-11(8-13(10)18(20)21)17-14(19)16-9-12-4-2-3-7-15-12/h2-8H,9H2,1H3,(H2,16,17,19). The Bertz CT molecular complexity index is 659. The highest BCUT2D eigenvalue weighted by Crippen LogP contribution is 2.22. The second-order valence-electron chi connectivity index (χ2n) is 4.39. The molecule has 0 saturated heterocycles. The Morgan fingerprint density at radius 3 is 2.81 bits per heavy atom. The van der Waals surface area contributed by atoms with E-state index in [9.17, 15) is 14.9 Å². The molecular weight excluding hydrogens is 272 g/mol. The average Bonchev–Trinajstić information content (AvgIpc) is 2.48. The van der Waals surface area contributed by atoms with Crippen molar-refractivity contribution in [3.63, 3.8) is 0 Å². The number of nitro benzene ring substituents is 1. The lowest BCUT2D eigenvalue weighted by molar-refractivity contribution is -0.385. The van der Waals surface area contributed by atoms with Gasteiger partial charge in [-0.05, 0) is 25.1 Å². The maximum Gasteiger partial charge on any atom is 0.319 e. The number of nitrogens with zero attached hydrogens (tertiary/aromatic N) is 2. The number of carbonyl (C=O) groups is 1. The Morgan fingerprint density at radius 1 is 1.33 bits per heavy atom. The molecule has 7 heteroatoms. The van der Waals surface area contributed by atoms with Crippen molar-refractivity contribution < 1.29 is 9.72 Å². The summed E-state index contributed by atoms with van der Waals surface area (Å²) in [5, 5.41) is 16.0. The number of nitro groups is 1. The molecule has 0 unspecified atom stereocenters. The number of nitrogens with one attached hydrogen (secondary N) is 2. The van der Waals surface area contributed by atoms with Gasteiger partial charge in [0.05, 0.1) is 17.2 Å². The molecule has 0 aliphatic carbocycles. The van der Waals surface area contributed by atoms with Gasteiger partial charge in [0.2, 0.25) is 0 Å². The number of pyridine rings is 1. The zero-order chi connectivity index (χ0) is 15.2. The summed E-state index contributed by atoms with van der Waals surface area (Å²) in [6, 6.07) is 9.49. The summed E-state index contributed by atoms with van der Waals surface area (Å²) < 4.78 is 0. The Balaban J connectivity index is 1.97. The fraction of sp³-hybridized carbons (Fsp3) is 0.143. The van der Waals surface area contributed by atoms with Crippen LogP contribution in [-0.2, 0) is 6.54 Å². The van der Waals surface area contributed by atoms with Crippen molar-refractivity contribution >= 4 is 17.4 Å². The fourth-order valence-corrected chi connectivity index (χ4v) is 1.73. The summed E-state index contributed by atoms with van der Waals surface area (Å²) in [6.45, 7) is 1.92. The van der Waals surface area contributed by atoms with Crippen LogP contribution < -0.4 is 10.6 Å². The third-order valence-corrected chi connectivity index (χ3v) is 2.82. The molecule has 1 aromatic carbocycles. The Hall–Kier alpha value is -2.96. The molecule has 0 radical (unpaired) electrons. The monoisotopic (exact) mass is 286 g/mol. The highest BCUT2D eigenvalue weighted by molar-refractivity contribution is 5.89. The third-order valence-electron chi connectivity index (χ3n) is 2.82. The van der Waals surface area contributed by atoms with Gasteiger partial charge in [0.1, 0.15) is 0 Å². The van der Waals surface area contributed by atoms with E-state index in [1.54, 1.807) is 37.4 Å². The molecule has 7 nitrogen and oxygen atoms in total. The van der Waals surface area contributed by atoms with Crippen molar-refractivity contribution in [2.75, 3.05) is 5.32 Å². The molecule has 0 saturated carbocycles. The Kier molecular flexibility index (Phi) is 4.45. The molecular formula is C14H14N4O3. The van der Waals surface area contributed by atoms with Crippen molar-refractivity contribution in [2.45, 2.75) is 13.5 Å². The minimum Gasteiger partial charge on any atom is -0.332 e. The number of aryl methyl sites for hydroxylation is 1. The first-order chi connectivity index (χ1) is 10.1. The Labute approximate surface area is 121 Å². The lowest BCUT2D eigenvalue weighted by atomic mass is 10.2. The highest BCUT2D eigenvalue weighted by atomic mass is 16.6. The van der Waals surface area contributed by atoms with E-state index in [4.69, 9.17) is 0 Å². The van der Waals surface area contributed by atoms with E-state index in [2.05, 4.69) is 15.6 Å². The molecule has 0 bridgehead atoms. The molecule has 0 aliphatic heterocycles. The molecule has 2 aromatic rings. The maximum absolute atomic E-state index is 11.7. The largest absolute Gasteiger partial charge is 0.332 e. The predicted molar refractivity (Wildman–Crippen MR) is 77.9 cm³/mol. The molecule has 0 atom stereocenters. The van der Waals surface area contributed by atoms with Crippen molar-refractivity contribution in [2.24, 2.45) is 0 Å². The van der Waals surface area contributed by atoms with Gasteiger partial charge in [0.15, 0.2) is 0 Å². The molecule has 1 aromatic heterocycles. The Morgan fingerprint density at radius 2 is 2.14 bits per heavy atom. The quantitative estimate of drug-likeness (QED) is 0.666. The first-order valence-electron chi connectivity index (χ1n) is 6.26. The number of benzene rings is 1. The number of hydrogen-bond donors (Lipinski definition) is 2. The normalized spacial score (nSPS) is 9.95. The van der Waals surface area contributed by atoms with Crippen LogP contribution in [0.3, 0.4) is 0 Å². The average molecular weight is 286 g/mol. The van der Waals surface area contributed by atoms with Gasteiger partial charge in [0, 0.05) is 23.5 Å². The summed E-state index contributed by atoms with van der Waals surface area (Å²) in [7, 11) is 0. The molecule has 2 amide bonds. The van der Waals surface area contributed by atoms with Crippen LogP contribution >= 0.6 is 0 Å². The lowest BCUT2D eigenvalue weighted by Crippen LogP contribution is -2.28. The molecule has 1 heterocycles. The van der Waals surface area contributed by atoms with Crippen molar-refractivity contribution in [3.05, 3.63) is 64.0 Å². The van der Waals surface area contributed by atoms with E-state index in [0.717, 1.165) is 5.69 Å². The number of rotatable bonds is 4. The van der Waals surface area contributed by atoms with E-state index in [1.165, 1.54) is 6.07 Å². The van der Waals surface area contributed by atoms with Gasteiger partial charge in [0.25, 0.3) is 5.69 Å². The highest BCUT2D eigenvalue weighted by Gasteiger charge is 2.12. The van der Waals surface area contributed by atoms with Gasteiger partial charge in [-0.2, -0.15) is 0 Å². The smallest absolute Gasteiger partial charge is 0.319 e. The van der Waals surface area contributed by atoms with Gasteiger partial charge in [-0.15, -0.1) is 0 Å². The fourth-order valence-electron chi connectivity index (χ4n) is 1.73. The van der Waals surface area contributed by atoms with Crippen LogP contribution in [0.2, 0.25) is 0 Å². The number of urea groups is 1. The number of aromatic nitrogens is 1. The number of hydrogen-bond acceptors (Lipinski definition) is 4. The summed E-state index contributed by atoms with van der Waals surface area (Å²) in [5.74, 6) is 0. The molecule has 0 aliphatic rings. The van der Waals surface area contributed by atoms with Crippen LogP contribution in [0, 0.1) is 17.0 Å². The number of anilines is 1. The van der Waals surface area contributed by atoms with Crippen LogP contribution in [0.15, 0.2) is 42.6 Å². The van der Waals surface area contributed by atoms with Crippen LogP contribution in [0.4, 0.5) is 16.2 Å². The van der Waals surface area contributed by atoms with Gasteiger partial charge in [-0.25, -0.2) is 4.79 Å². The zero-order valence-electron chi connectivity index (χ0n) is 11.4. The number of amides is 2. The second-order valence-corrected chi connectivity index (χ2v) is 4.39. The maximum atomic E-state index is 11.7. The number of carbonyl (C=O) groups excluding carboxylic acids is 1. The molecule has 0 fully saturated rings. The molecule has 0 spiro atoms. The summed E-state index contributed by atoms with van der Waals surface area (Å²) in [4.78, 5) is 26.2. The van der Waals surface area contributed by atoms with Crippen molar-refractivity contribution in [1.29, 1.82) is 0 Å². The zero-order valence-corrected chi connectivity index (χ0v) is 11.4. The van der Waals surface area contributed by atoms with Gasteiger partial charge >= 0.3 is 6.03 Å². The van der Waals surface area contributed by atoms with E-state index < -0.39 is 11.0 Å².